The maximum Gasteiger partial charge on any atom is -0.0217 e. The third kappa shape index (κ3) is 1.34. The van der Waals surface area contributed by atoms with Crippen LogP contribution in [-0.2, 0) is 0 Å². The second kappa shape index (κ2) is 2.34. The van der Waals surface area contributed by atoms with E-state index in [-0.39, 0.29) is 0 Å². The molecule has 0 saturated heterocycles. The third-order valence-electron chi connectivity index (χ3n) is 0.0786. The standard InChI is InChI=1S/C2H5NO/c3-1-2-4/h1-2,4H,3H2/p-1/b2-1+. The van der Waals surface area contributed by atoms with Crippen molar-refractivity contribution >= 4 is 0 Å². The highest BCUT2D eigenvalue weighted by Gasteiger charge is 1.20. The van der Waals surface area contributed by atoms with Crippen molar-refractivity contribution in [2.24, 2.45) is 5.73 Å². The molecule has 0 heterocycles. The van der Waals surface area contributed by atoms with Crippen LogP contribution in [0.1, 0.15) is 0 Å². The maximum atomic E-state index is 8.99. The molecule has 0 aliphatic carbocycles. The largest absolute Gasteiger partial charge is 0.877 e. The summed E-state index contributed by atoms with van der Waals surface area (Å²) >= 11 is 0. The molecule has 2 nitrogen and oxygen atoms in total. The molecule has 4 heavy (non-hydrogen) atoms. The van der Waals surface area contributed by atoms with Crippen molar-refractivity contribution < 1.29 is 5.11 Å². The third-order valence-corrected chi connectivity index (χ3v) is 0.0786. The highest BCUT2D eigenvalue weighted by molar-refractivity contribution is 4.56. The first-order chi connectivity index (χ1) is 1.91. The van der Waals surface area contributed by atoms with Crippen LogP contribution in [-0.4, -0.2) is 0 Å². The molecule has 0 radical (unpaired) electrons. The van der Waals surface area contributed by atoms with Crippen LogP contribution in [0, 0.1) is 0 Å². The van der Waals surface area contributed by atoms with E-state index in [2.05, 4.69) is 5.73 Å². The highest BCUT2D eigenvalue weighted by Crippen LogP contribution is 1.28. The van der Waals surface area contributed by atoms with Gasteiger partial charge in [-0.25, -0.2) is 0 Å². The van der Waals surface area contributed by atoms with E-state index >= 15 is 0 Å². The average molecular weight is 58.1 g/mol. The molecule has 24 valence electrons. The lowest BCUT2D eigenvalue weighted by atomic mass is 11.0. The lowest BCUT2D eigenvalue weighted by molar-refractivity contribution is -0.275. The van der Waals surface area contributed by atoms with Crippen molar-refractivity contribution in [3.8, 4) is 0 Å². The first-order valence-electron chi connectivity index (χ1n) is 0.902. The van der Waals surface area contributed by atoms with E-state index in [1.807, 2.05) is 0 Å². The van der Waals surface area contributed by atoms with E-state index in [4.69, 9.17) is 5.11 Å². The zero-order valence-electron chi connectivity index (χ0n) is 2.14. The van der Waals surface area contributed by atoms with Crippen LogP contribution in [0.15, 0.2) is 12.5 Å². The van der Waals surface area contributed by atoms with Gasteiger partial charge in [0, 0.05) is 0 Å². The summed E-state index contributed by atoms with van der Waals surface area (Å²) in [5.41, 5.74) is 4.53. The van der Waals surface area contributed by atoms with Crippen molar-refractivity contribution in [1.29, 1.82) is 0 Å². The Morgan fingerprint density at radius 3 is 2.00 bits per heavy atom. The molecule has 0 rings (SSSR count). The van der Waals surface area contributed by atoms with Gasteiger partial charge in [-0.2, -0.15) is 0 Å². The van der Waals surface area contributed by atoms with E-state index in [1.165, 1.54) is 0 Å². The molecule has 0 aromatic rings. The molecule has 2 heteroatoms. The molecule has 0 fully saturated rings. The number of nitrogens with two attached hydrogens (primary N) is 1. The van der Waals surface area contributed by atoms with E-state index < -0.39 is 0 Å². The first kappa shape index (κ1) is 3.34. The molecule has 0 atom stereocenters. The topological polar surface area (TPSA) is 49.1 Å². The fourth-order valence-corrected chi connectivity index (χ4v) is 0. The fourth-order valence-electron chi connectivity index (χ4n) is 0. The average Bonchev–Trinajstić information content (AvgIpc) is 1.37. The van der Waals surface area contributed by atoms with Crippen LogP contribution in [0.2, 0.25) is 0 Å². The quantitative estimate of drug-likeness (QED) is 0.355. The van der Waals surface area contributed by atoms with Crippen molar-refractivity contribution in [3.63, 3.8) is 0 Å². The Morgan fingerprint density at radius 2 is 2.00 bits per heavy atom. The minimum absolute atomic E-state index is 0.528. The van der Waals surface area contributed by atoms with Gasteiger partial charge >= 0.3 is 0 Å². The van der Waals surface area contributed by atoms with Crippen molar-refractivity contribution in [3.05, 3.63) is 12.5 Å². The predicted octanol–water partition coefficient (Wildman–Crippen LogP) is -1.22. The monoisotopic (exact) mass is 58.0 g/mol. The van der Waals surface area contributed by atoms with Crippen LogP contribution >= 0.6 is 0 Å². The van der Waals surface area contributed by atoms with E-state index in [9.17, 15) is 0 Å². The molecule has 0 aromatic heterocycles. The zero-order chi connectivity index (χ0) is 3.41. The molecule has 0 aromatic carbocycles. The van der Waals surface area contributed by atoms with Gasteiger partial charge in [-0.3, -0.25) is 0 Å². The summed E-state index contributed by atoms with van der Waals surface area (Å²) in [6, 6.07) is 0. The number of hydrogen-bond acceptors (Lipinski definition) is 2. The van der Waals surface area contributed by atoms with Crippen LogP contribution in [0.4, 0.5) is 0 Å². The van der Waals surface area contributed by atoms with E-state index in [0.717, 1.165) is 6.20 Å². The number of rotatable bonds is 0. The van der Waals surface area contributed by atoms with Gasteiger partial charge in [-0.1, -0.05) is 0 Å². The summed E-state index contributed by atoms with van der Waals surface area (Å²) in [4.78, 5) is 0. The lowest BCUT2D eigenvalue weighted by Crippen LogP contribution is -1.88. The van der Waals surface area contributed by atoms with Crippen LogP contribution in [0.5, 0.6) is 0 Å². The zero-order valence-corrected chi connectivity index (χ0v) is 2.14. The Labute approximate surface area is 24.5 Å². The minimum atomic E-state index is 0.528. The molecular weight excluding hydrogens is 54.0 g/mol. The summed E-state index contributed by atoms with van der Waals surface area (Å²) < 4.78 is 0. The fraction of sp³-hybridized carbons (Fsp3) is 0. The Hall–Kier alpha value is -0.660. The minimum Gasteiger partial charge on any atom is -0.877 e. The highest BCUT2D eigenvalue weighted by atomic mass is 16.2. The van der Waals surface area contributed by atoms with Gasteiger partial charge in [0.05, 0.1) is 0 Å². The molecule has 0 bridgehead atoms. The van der Waals surface area contributed by atoms with Crippen LogP contribution in [0.3, 0.4) is 0 Å². The van der Waals surface area contributed by atoms with Gasteiger partial charge in [-0.15, -0.1) is 6.26 Å². The molecule has 2 N–H and O–H groups in total. The molecule has 0 aliphatic rings. The summed E-state index contributed by atoms with van der Waals surface area (Å²) in [7, 11) is 0. The van der Waals surface area contributed by atoms with Gasteiger partial charge in [0.25, 0.3) is 0 Å². The van der Waals surface area contributed by atoms with Gasteiger partial charge in [0.15, 0.2) is 0 Å². The smallest absolute Gasteiger partial charge is 0.0217 e. The maximum absolute atomic E-state index is 8.99. The summed E-state index contributed by atoms with van der Waals surface area (Å²) in [5.74, 6) is 0. The van der Waals surface area contributed by atoms with E-state index in [1.54, 1.807) is 0 Å². The van der Waals surface area contributed by atoms with Gasteiger partial charge < -0.3 is 10.8 Å². The summed E-state index contributed by atoms with van der Waals surface area (Å²) in [5, 5.41) is 8.99. The Morgan fingerprint density at radius 1 is 1.75 bits per heavy atom. The van der Waals surface area contributed by atoms with Crippen molar-refractivity contribution in [2.75, 3.05) is 0 Å². The Balaban J connectivity index is 2.55. The predicted molar refractivity (Wildman–Crippen MR) is 13.3 cm³/mol. The Bertz CT molecular complexity index is 21.2. The molecule has 0 amide bonds. The van der Waals surface area contributed by atoms with Crippen LogP contribution in [0.25, 0.3) is 0 Å². The molecular formula is C2H4NO-. The molecule has 0 saturated carbocycles. The lowest BCUT2D eigenvalue weighted by Gasteiger charge is -1.76. The molecule has 0 aliphatic heterocycles. The summed E-state index contributed by atoms with van der Waals surface area (Å²) in [6.45, 7) is 0. The van der Waals surface area contributed by atoms with Crippen molar-refractivity contribution in [2.45, 2.75) is 0 Å². The number of hydrogen-bond donors (Lipinski definition) is 1. The van der Waals surface area contributed by atoms with Gasteiger partial charge in [0.1, 0.15) is 0 Å². The Kier molecular flexibility index (Phi) is 1.95. The SMILES string of the molecule is N/C=C/[O-]. The second-order valence-electron chi connectivity index (χ2n) is 0.329. The van der Waals surface area contributed by atoms with Crippen molar-refractivity contribution in [1.82, 2.24) is 0 Å². The summed E-state index contributed by atoms with van der Waals surface area (Å²) in [6.07, 6.45) is 1.47. The second-order valence-corrected chi connectivity index (χ2v) is 0.329. The van der Waals surface area contributed by atoms with Gasteiger partial charge in [-0.05, 0) is 6.20 Å². The molecule has 0 spiro atoms. The van der Waals surface area contributed by atoms with Gasteiger partial charge in [0.2, 0.25) is 0 Å². The normalized spacial score (nSPS) is 9.00. The van der Waals surface area contributed by atoms with E-state index in [0.29, 0.717) is 6.26 Å². The molecule has 0 unspecified atom stereocenters. The van der Waals surface area contributed by atoms with Crippen LogP contribution < -0.4 is 10.8 Å². The first-order valence-corrected chi connectivity index (χ1v) is 0.902.